The van der Waals surface area contributed by atoms with Crippen molar-refractivity contribution in [2.75, 3.05) is 6.79 Å². The molecule has 0 unspecified atom stereocenters. The lowest BCUT2D eigenvalue weighted by atomic mass is 10.1. The SMILES string of the molecule is O=C(O)C(O)=CC(=O)c1ccc(Cc2cccc3c2OCO3)o1. The van der Waals surface area contributed by atoms with E-state index in [0.29, 0.717) is 29.8 Å². The lowest BCUT2D eigenvalue weighted by Gasteiger charge is -2.03. The number of rotatable bonds is 5. The first kappa shape index (κ1) is 14.7. The summed E-state index contributed by atoms with van der Waals surface area (Å²) < 4.78 is 16.1. The molecule has 2 heterocycles. The highest BCUT2D eigenvalue weighted by Crippen LogP contribution is 2.36. The molecule has 0 fully saturated rings. The van der Waals surface area contributed by atoms with E-state index in [9.17, 15) is 9.59 Å². The first-order valence-corrected chi connectivity index (χ1v) is 6.69. The zero-order chi connectivity index (χ0) is 16.4. The molecule has 1 aliphatic rings. The predicted octanol–water partition coefficient (Wildman–Crippen LogP) is 2.31. The van der Waals surface area contributed by atoms with Crippen molar-refractivity contribution in [3.05, 3.63) is 59.3 Å². The molecule has 0 atom stereocenters. The van der Waals surface area contributed by atoms with Crippen molar-refractivity contribution in [3.63, 3.8) is 0 Å². The van der Waals surface area contributed by atoms with Crippen LogP contribution in [0.5, 0.6) is 11.5 Å². The Bertz CT molecular complexity index is 801. The number of ether oxygens (including phenoxy) is 2. The third-order valence-electron chi connectivity index (χ3n) is 3.23. The highest BCUT2D eigenvalue weighted by atomic mass is 16.7. The smallest absolute Gasteiger partial charge is 0.371 e. The van der Waals surface area contributed by atoms with Gasteiger partial charge >= 0.3 is 5.97 Å². The molecule has 0 aliphatic carbocycles. The number of allylic oxidation sites excluding steroid dienone is 1. The number of benzene rings is 1. The molecule has 2 N–H and O–H groups in total. The van der Waals surface area contributed by atoms with E-state index in [4.69, 9.17) is 24.1 Å². The monoisotopic (exact) mass is 316 g/mol. The van der Waals surface area contributed by atoms with Crippen molar-refractivity contribution in [2.24, 2.45) is 0 Å². The highest BCUT2D eigenvalue weighted by Gasteiger charge is 2.19. The second-order valence-corrected chi connectivity index (χ2v) is 4.79. The zero-order valence-electron chi connectivity index (χ0n) is 11.8. The van der Waals surface area contributed by atoms with Crippen LogP contribution in [0.2, 0.25) is 0 Å². The molecule has 0 saturated carbocycles. The number of carboxylic acid groups (broad SMARTS) is 1. The van der Waals surface area contributed by atoms with Crippen LogP contribution >= 0.6 is 0 Å². The summed E-state index contributed by atoms with van der Waals surface area (Å²) in [4.78, 5) is 22.3. The second-order valence-electron chi connectivity index (χ2n) is 4.79. The van der Waals surface area contributed by atoms with Gasteiger partial charge in [0.15, 0.2) is 17.3 Å². The van der Waals surface area contributed by atoms with Gasteiger partial charge in [-0.3, -0.25) is 4.79 Å². The fourth-order valence-corrected chi connectivity index (χ4v) is 2.18. The first-order chi connectivity index (χ1) is 11.0. The number of aliphatic hydroxyl groups excluding tert-OH is 1. The van der Waals surface area contributed by atoms with E-state index in [1.165, 1.54) is 6.07 Å². The molecular weight excluding hydrogens is 304 g/mol. The number of aliphatic hydroxyl groups is 1. The third-order valence-corrected chi connectivity index (χ3v) is 3.23. The molecule has 0 amide bonds. The number of ketones is 1. The maximum Gasteiger partial charge on any atom is 0.371 e. The Morgan fingerprint density at radius 1 is 1.13 bits per heavy atom. The summed E-state index contributed by atoms with van der Waals surface area (Å²) in [7, 11) is 0. The number of aliphatic carboxylic acids is 1. The minimum absolute atomic E-state index is 0.0578. The molecule has 118 valence electrons. The number of hydrogen-bond donors (Lipinski definition) is 2. The summed E-state index contributed by atoms with van der Waals surface area (Å²) in [5, 5.41) is 17.6. The normalized spacial score (nSPS) is 13.1. The Hall–Kier alpha value is -3.22. The largest absolute Gasteiger partial charge is 0.502 e. The van der Waals surface area contributed by atoms with Gasteiger partial charge in [0, 0.05) is 18.1 Å². The Kier molecular flexibility index (Phi) is 3.76. The summed E-state index contributed by atoms with van der Waals surface area (Å²) >= 11 is 0. The van der Waals surface area contributed by atoms with Crippen molar-refractivity contribution in [2.45, 2.75) is 6.42 Å². The molecule has 0 saturated heterocycles. The number of hydrogen-bond acceptors (Lipinski definition) is 6. The third kappa shape index (κ3) is 3.03. The summed E-state index contributed by atoms with van der Waals surface area (Å²) in [6.45, 7) is 0.160. The second kappa shape index (κ2) is 5.88. The van der Waals surface area contributed by atoms with Crippen molar-refractivity contribution >= 4 is 11.8 Å². The predicted molar refractivity (Wildman–Crippen MR) is 76.8 cm³/mol. The lowest BCUT2D eigenvalue weighted by molar-refractivity contribution is -0.135. The molecule has 23 heavy (non-hydrogen) atoms. The van der Waals surface area contributed by atoms with Crippen LogP contribution in [0.3, 0.4) is 0 Å². The van der Waals surface area contributed by atoms with Gasteiger partial charge in [0.05, 0.1) is 0 Å². The number of carbonyl (C=O) groups is 2. The van der Waals surface area contributed by atoms with E-state index in [2.05, 4.69) is 0 Å². The molecule has 1 aromatic heterocycles. The van der Waals surface area contributed by atoms with E-state index in [-0.39, 0.29) is 12.6 Å². The maximum absolute atomic E-state index is 11.8. The summed E-state index contributed by atoms with van der Waals surface area (Å²) in [5.74, 6) is -1.62. The van der Waals surface area contributed by atoms with E-state index in [0.717, 1.165) is 5.56 Å². The van der Waals surface area contributed by atoms with E-state index < -0.39 is 17.5 Å². The molecule has 1 aliphatic heterocycles. The molecule has 1 aromatic carbocycles. The number of para-hydroxylation sites is 1. The van der Waals surface area contributed by atoms with Crippen LogP contribution in [0.15, 0.2) is 46.6 Å². The summed E-state index contributed by atoms with van der Waals surface area (Å²) in [6.07, 6.45) is 0.983. The van der Waals surface area contributed by atoms with Gasteiger partial charge in [-0.05, 0) is 18.2 Å². The van der Waals surface area contributed by atoms with Gasteiger partial charge in [0.1, 0.15) is 5.76 Å². The number of fused-ring (bicyclic) bond motifs is 1. The van der Waals surface area contributed by atoms with Crippen LogP contribution in [0.25, 0.3) is 0 Å². The molecule has 3 rings (SSSR count). The van der Waals surface area contributed by atoms with Gasteiger partial charge in [-0.2, -0.15) is 0 Å². The maximum atomic E-state index is 11.8. The minimum atomic E-state index is -1.58. The van der Waals surface area contributed by atoms with Crippen molar-refractivity contribution in [1.82, 2.24) is 0 Å². The van der Waals surface area contributed by atoms with Crippen LogP contribution in [0, 0.1) is 0 Å². The van der Waals surface area contributed by atoms with Crippen molar-refractivity contribution < 1.29 is 33.7 Å². The highest BCUT2D eigenvalue weighted by molar-refractivity contribution is 6.06. The van der Waals surface area contributed by atoms with Crippen LogP contribution < -0.4 is 9.47 Å². The number of furan rings is 1. The Labute approximate surface area is 130 Å². The van der Waals surface area contributed by atoms with E-state index >= 15 is 0 Å². The van der Waals surface area contributed by atoms with Crippen LogP contribution in [0.1, 0.15) is 21.9 Å². The topological polar surface area (TPSA) is 106 Å². The quantitative estimate of drug-likeness (QED) is 0.495. The molecular formula is C16H12O7. The Balaban J connectivity index is 1.78. The van der Waals surface area contributed by atoms with Crippen LogP contribution in [-0.4, -0.2) is 28.8 Å². The van der Waals surface area contributed by atoms with Crippen LogP contribution in [-0.2, 0) is 11.2 Å². The fraction of sp³-hybridized carbons (Fsp3) is 0.125. The van der Waals surface area contributed by atoms with Crippen molar-refractivity contribution in [1.29, 1.82) is 0 Å². The van der Waals surface area contributed by atoms with E-state index in [1.807, 2.05) is 12.1 Å². The average Bonchev–Trinajstić information content (AvgIpc) is 3.16. The Morgan fingerprint density at radius 2 is 1.96 bits per heavy atom. The minimum Gasteiger partial charge on any atom is -0.502 e. The first-order valence-electron chi connectivity index (χ1n) is 6.69. The number of carboxylic acids is 1. The van der Waals surface area contributed by atoms with Gasteiger partial charge in [-0.25, -0.2) is 4.79 Å². The van der Waals surface area contributed by atoms with Gasteiger partial charge in [-0.1, -0.05) is 12.1 Å². The summed E-state index contributed by atoms with van der Waals surface area (Å²) in [5.41, 5.74) is 0.845. The Morgan fingerprint density at radius 3 is 2.74 bits per heavy atom. The molecule has 0 bridgehead atoms. The lowest BCUT2D eigenvalue weighted by Crippen LogP contribution is -2.03. The average molecular weight is 316 g/mol. The van der Waals surface area contributed by atoms with E-state index in [1.54, 1.807) is 12.1 Å². The van der Waals surface area contributed by atoms with Gasteiger partial charge in [0.25, 0.3) is 0 Å². The molecule has 7 heteroatoms. The molecule has 0 spiro atoms. The van der Waals surface area contributed by atoms with Crippen LogP contribution in [0.4, 0.5) is 0 Å². The summed E-state index contributed by atoms with van der Waals surface area (Å²) in [6, 6.07) is 8.50. The van der Waals surface area contributed by atoms with Gasteiger partial charge < -0.3 is 24.1 Å². The number of carbonyl (C=O) groups excluding carboxylic acids is 1. The van der Waals surface area contributed by atoms with Crippen molar-refractivity contribution in [3.8, 4) is 11.5 Å². The molecule has 0 radical (unpaired) electrons. The molecule has 2 aromatic rings. The van der Waals surface area contributed by atoms with Gasteiger partial charge in [0.2, 0.25) is 18.3 Å². The van der Waals surface area contributed by atoms with Gasteiger partial charge in [-0.15, -0.1) is 0 Å². The molecule has 7 nitrogen and oxygen atoms in total. The zero-order valence-corrected chi connectivity index (χ0v) is 11.8. The standard InChI is InChI=1S/C16H12O7/c17-11(7-12(18)16(19)20)13-5-4-10(23-13)6-9-2-1-3-14-15(9)22-8-21-14/h1-5,7,18H,6,8H2,(H,19,20). The fourth-order valence-electron chi connectivity index (χ4n) is 2.18.